The Morgan fingerprint density at radius 2 is 0.423 bits per heavy atom. The zero-order valence-electron chi connectivity index (χ0n) is 28.3. The fourth-order valence-corrected chi connectivity index (χ4v) is 14.8. The second-order valence-corrected chi connectivity index (χ2v) is 15.7. The van der Waals surface area contributed by atoms with Gasteiger partial charge < -0.3 is 6.92 Å². The summed E-state index contributed by atoms with van der Waals surface area (Å²) in [5.41, 5.74) is 0. The van der Waals surface area contributed by atoms with Gasteiger partial charge in [0.1, 0.15) is 0 Å². The molecule has 0 aromatic heterocycles. The van der Waals surface area contributed by atoms with Crippen LogP contribution < -0.4 is 36.0 Å². The largest absolute Gasteiger partial charge is 0.346 e. The molecule has 6 aromatic carbocycles. The fraction of sp³-hybridized carbons (Fsp3) is 0.0233. The van der Waals surface area contributed by atoms with E-state index in [1.807, 2.05) is 0 Å². The summed E-state index contributed by atoms with van der Waals surface area (Å²) in [5.74, 6) is 0. The van der Waals surface area contributed by atoms with Crippen molar-refractivity contribution in [2.45, 2.75) is 6.92 Å². The van der Waals surface area contributed by atoms with E-state index in [9.17, 15) is 0 Å². The smallest absolute Gasteiger partial charge is 0.301 e. The topological polar surface area (TPSA) is 114 Å². The molecule has 258 valence electrons. The van der Waals surface area contributed by atoms with Crippen molar-refractivity contribution in [1.82, 2.24) is 4.17 Å². The molecule has 0 atom stereocenters. The van der Waals surface area contributed by atoms with Crippen molar-refractivity contribution in [3.8, 4) is 0 Å². The summed E-state index contributed by atoms with van der Waals surface area (Å²) in [4.78, 5) is 0. The zero-order chi connectivity index (χ0) is 38.4. The Balaban J connectivity index is 0. The molecule has 9 heteroatoms. The number of nitrogens with zero attached hydrogens (tertiary/aromatic N) is 1. The van der Waals surface area contributed by atoms with Crippen LogP contribution in [0.5, 0.6) is 0 Å². The molecule has 0 aliphatic heterocycles. The summed E-state index contributed by atoms with van der Waals surface area (Å²) in [7, 11) is -4.99. The van der Waals surface area contributed by atoms with E-state index < -0.39 is 14.1 Å². The van der Waals surface area contributed by atoms with Crippen LogP contribution >= 0.6 is 14.1 Å². The first-order chi connectivity index (χ1) is 25.3. The van der Waals surface area contributed by atoms with E-state index in [1.165, 1.54) is 31.8 Å². The van der Waals surface area contributed by atoms with E-state index in [-0.39, 0.29) is 21.1 Å². The zero-order valence-corrected chi connectivity index (χ0v) is 33.0. The first-order valence-corrected chi connectivity index (χ1v) is 18.4. The molecule has 0 radical (unpaired) electrons. The van der Waals surface area contributed by atoms with Crippen molar-refractivity contribution in [2.75, 3.05) is 0 Å². The number of hydrogen-bond acceptors (Lipinski definition) is 0. The van der Waals surface area contributed by atoms with Crippen LogP contribution in [0, 0.1) is 40.2 Å². The molecule has 0 aliphatic carbocycles. The van der Waals surface area contributed by atoms with Gasteiger partial charge in [-0.3, -0.25) is 0 Å². The van der Waals surface area contributed by atoms with Crippen molar-refractivity contribution in [2.24, 2.45) is 0 Å². The summed E-state index contributed by atoms with van der Waals surface area (Å²) in [6.45, 7) is 27.5. The number of rotatable bonds is 6. The van der Waals surface area contributed by atoms with E-state index in [1.54, 1.807) is 6.92 Å². The summed E-state index contributed by atoms with van der Waals surface area (Å²) < 4.78 is 43.9. The third-order valence-electron chi connectivity index (χ3n) is 7.05. The molecule has 0 saturated carbocycles. The Kier molecular flexibility index (Phi) is 28.5. The molecule has 0 spiro atoms. The second-order valence-electron chi connectivity index (χ2n) is 9.37. The quantitative estimate of drug-likeness (QED) is 0.0739. The van der Waals surface area contributed by atoms with Gasteiger partial charge in [-0.1, -0.05) is 109 Å². The predicted molar refractivity (Wildman–Crippen MR) is 203 cm³/mol. The average molecular weight is 892 g/mol. The number of hydrogen-bond donors (Lipinski definition) is 0. The maximum atomic E-state index is 7.50. The minimum absolute atomic E-state index is 0. The van der Waals surface area contributed by atoms with Gasteiger partial charge in [0.2, 0.25) is 0 Å². The SMILES string of the molecule is [C-]#[O+].[C-]#[O+].[C-]#[O+].[C-]#[O+].[C-]#[O+].[CH2-]C.[W].c1ccc(P(=[N+]=P(c2ccccc2)(c2ccccc2)c2ccccc2)(c2ccccc2)c2ccccc2)cc1. The minimum atomic E-state index is -2.50. The van der Waals surface area contributed by atoms with Gasteiger partial charge in [0, 0.05) is 21.1 Å². The summed E-state index contributed by atoms with van der Waals surface area (Å²) in [5, 5.41) is 7.55. The van der Waals surface area contributed by atoms with Crippen LogP contribution in [-0.4, -0.2) is 0 Å². The van der Waals surface area contributed by atoms with Gasteiger partial charge >= 0.3 is 70.6 Å². The van der Waals surface area contributed by atoms with Crippen molar-refractivity contribution < 1.29 is 44.3 Å². The molecule has 0 aliphatic rings. The first kappa shape index (κ1) is 49.4. The third kappa shape index (κ3) is 12.2. The molecule has 52 heavy (non-hydrogen) atoms. The summed E-state index contributed by atoms with van der Waals surface area (Å²) >= 11 is 0. The van der Waals surface area contributed by atoms with Gasteiger partial charge in [-0.15, -0.1) is 4.17 Å². The van der Waals surface area contributed by atoms with Crippen LogP contribution in [0.4, 0.5) is 0 Å². The molecule has 0 fully saturated rings. The molecule has 0 heterocycles. The third-order valence-corrected chi connectivity index (χ3v) is 15.5. The van der Waals surface area contributed by atoms with Gasteiger partial charge in [-0.25, -0.2) is 0 Å². The molecule has 0 amide bonds. The van der Waals surface area contributed by atoms with Crippen molar-refractivity contribution in [1.29, 1.82) is 0 Å². The molecule has 6 rings (SSSR count). The van der Waals surface area contributed by atoms with Crippen LogP contribution in [0.1, 0.15) is 6.92 Å². The molecule has 0 bridgehead atoms. The molecule has 6 nitrogen and oxygen atoms in total. The Bertz CT molecular complexity index is 1650. The van der Waals surface area contributed by atoms with E-state index in [0.29, 0.717) is 0 Å². The van der Waals surface area contributed by atoms with Crippen LogP contribution in [0.25, 0.3) is 0 Å². The Morgan fingerprint density at radius 3 is 0.538 bits per heavy atom. The predicted octanol–water partition coefficient (Wildman–Crippen LogP) is 7.06. The summed E-state index contributed by atoms with van der Waals surface area (Å²) in [6.07, 6.45) is 0. The van der Waals surface area contributed by atoms with Gasteiger partial charge in [-0.05, 0) is 72.8 Å². The first-order valence-electron chi connectivity index (χ1n) is 14.9. The standard InChI is InChI=1S/C36H30NP2.C2H5.5CO.W/c1-7-19-31(20-8-1)38(32-21-9-2-10-22-32,33-23-11-3-12-24-33)37-39(34-25-13-4-14-26-34,35-27-15-5-16-28-35)36-29-17-6-18-30-36;6*1-2;/h1-30H;1H2,2H3;;;;;;/q+1;-1;;;;;;. The van der Waals surface area contributed by atoms with Crippen LogP contribution in [0.15, 0.2) is 182 Å². The van der Waals surface area contributed by atoms with Gasteiger partial charge in [0.05, 0.1) is 31.8 Å². The Morgan fingerprint density at radius 1 is 0.308 bits per heavy atom. The van der Waals surface area contributed by atoms with Crippen LogP contribution in [0.3, 0.4) is 0 Å². The second kappa shape index (κ2) is 30.0. The molecule has 0 unspecified atom stereocenters. The van der Waals surface area contributed by atoms with Crippen molar-refractivity contribution in [3.63, 3.8) is 0 Å². The van der Waals surface area contributed by atoms with E-state index >= 15 is 0 Å². The molecule has 0 N–H and O–H groups in total. The molecule has 0 saturated heterocycles. The fourth-order valence-electron chi connectivity index (χ4n) is 5.27. The maximum absolute atomic E-state index is 7.50. The van der Waals surface area contributed by atoms with Crippen molar-refractivity contribution in [3.05, 3.63) is 222 Å². The Labute approximate surface area is 322 Å². The molecule has 6 aromatic rings. The Hall–Kier alpha value is -4.72. The maximum Gasteiger partial charge on any atom is 0.301 e. The van der Waals surface area contributed by atoms with Crippen molar-refractivity contribution >= 4 is 45.9 Å². The normalized spacial score (nSPS) is 8.92. The van der Waals surface area contributed by atoms with Gasteiger partial charge in [0.15, 0.2) is 0 Å². The average Bonchev–Trinajstić information content (AvgIpc) is 3.28. The molecular formula is C43H35NO5P2W. The van der Waals surface area contributed by atoms with E-state index in [4.69, 9.17) is 27.4 Å². The van der Waals surface area contributed by atoms with E-state index in [2.05, 4.69) is 222 Å². The summed E-state index contributed by atoms with van der Waals surface area (Å²) in [6, 6.07) is 65.7. The van der Waals surface area contributed by atoms with Gasteiger partial charge in [-0.2, -0.15) is 6.92 Å². The van der Waals surface area contributed by atoms with E-state index in [0.717, 1.165) is 0 Å². The molecular weight excluding hydrogens is 856 g/mol. The van der Waals surface area contributed by atoms with Crippen LogP contribution in [0.2, 0.25) is 0 Å². The van der Waals surface area contributed by atoms with Crippen LogP contribution in [-0.2, 0) is 44.3 Å². The number of benzene rings is 6. The van der Waals surface area contributed by atoms with Gasteiger partial charge in [0.25, 0.3) is 0 Å². The monoisotopic (exact) mass is 891 g/mol. The minimum Gasteiger partial charge on any atom is -0.346 e.